The topological polar surface area (TPSA) is 67.1 Å². The van der Waals surface area contributed by atoms with E-state index in [1.54, 1.807) is 24.3 Å². The molecule has 0 aromatic heterocycles. The van der Waals surface area contributed by atoms with Gasteiger partial charge in [0.25, 0.3) is 0 Å². The van der Waals surface area contributed by atoms with E-state index in [1.165, 1.54) is 6.07 Å². The number of para-hydroxylation sites is 1. The van der Waals surface area contributed by atoms with Crippen molar-refractivity contribution in [2.45, 2.75) is 12.7 Å². The van der Waals surface area contributed by atoms with Crippen molar-refractivity contribution in [2.24, 2.45) is 0 Å². The summed E-state index contributed by atoms with van der Waals surface area (Å²) in [5, 5.41) is 4.41. The van der Waals surface area contributed by atoms with Crippen LogP contribution in [0.4, 0.5) is 29.3 Å². The molecule has 0 aliphatic carbocycles. The number of halogens is 4. The fourth-order valence-electron chi connectivity index (χ4n) is 1.87. The van der Waals surface area contributed by atoms with Gasteiger partial charge < -0.3 is 16.4 Å². The smallest absolute Gasteiger partial charge is 0.398 e. The van der Waals surface area contributed by atoms with E-state index >= 15 is 0 Å². The van der Waals surface area contributed by atoms with Crippen molar-refractivity contribution in [3.8, 4) is 0 Å². The van der Waals surface area contributed by atoms with Crippen molar-refractivity contribution in [1.82, 2.24) is 5.32 Å². The largest absolute Gasteiger partial charge is 0.417 e. The van der Waals surface area contributed by atoms with E-state index in [0.717, 1.165) is 12.1 Å². The summed E-state index contributed by atoms with van der Waals surface area (Å²) >= 11 is 5.51. The Labute approximate surface area is 135 Å². The number of alkyl halides is 3. The summed E-state index contributed by atoms with van der Waals surface area (Å²) in [5.41, 5.74) is 5.92. The minimum absolute atomic E-state index is 0.0136. The third-order valence-corrected chi connectivity index (χ3v) is 3.35. The molecule has 0 radical (unpaired) electrons. The van der Waals surface area contributed by atoms with Gasteiger partial charge in [-0.05, 0) is 29.8 Å². The van der Waals surface area contributed by atoms with Crippen LogP contribution in [0.25, 0.3) is 0 Å². The van der Waals surface area contributed by atoms with Crippen molar-refractivity contribution < 1.29 is 18.0 Å². The van der Waals surface area contributed by atoms with E-state index in [0.29, 0.717) is 11.3 Å². The Kier molecular flexibility index (Phi) is 5.00. The van der Waals surface area contributed by atoms with Gasteiger partial charge in [0.15, 0.2) is 0 Å². The molecule has 0 heterocycles. The predicted molar refractivity (Wildman–Crippen MR) is 83.2 cm³/mol. The zero-order valence-electron chi connectivity index (χ0n) is 11.7. The highest BCUT2D eigenvalue weighted by molar-refractivity contribution is 6.31. The second kappa shape index (κ2) is 6.78. The molecule has 4 N–H and O–H groups in total. The maximum Gasteiger partial charge on any atom is 0.417 e. The van der Waals surface area contributed by atoms with Gasteiger partial charge in [-0.15, -0.1) is 0 Å². The molecule has 0 bridgehead atoms. The maximum absolute atomic E-state index is 12.8. The van der Waals surface area contributed by atoms with Crippen molar-refractivity contribution in [1.29, 1.82) is 0 Å². The molecule has 0 aliphatic rings. The summed E-state index contributed by atoms with van der Waals surface area (Å²) in [6, 6.07) is 9.43. The second-order valence-electron chi connectivity index (χ2n) is 4.70. The van der Waals surface area contributed by atoms with Gasteiger partial charge in [0, 0.05) is 17.9 Å². The first-order chi connectivity index (χ1) is 10.8. The maximum atomic E-state index is 12.8. The lowest BCUT2D eigenvalue weighted by Gasteiger charge is -2.12. The van der Waals surface area contributed by atoms with Crippen LogP contribution in [0.2, 0.25) is 5.02 Å². The number of amides is 2. The van der Waals surface area contributed by atoms with Gasteiger partial charge in [-0.1, -0.05) is 29.8 Å². The van der Waals surface area contributed by atoms with Gasteiger partial charge in [0.05, 0.1) is 10.6 Å². The summed E-state index contributed by atoms with van der Waals surface area (Å²) in [7, 11) is 0. The molecule has 0 atom stereocenters. The first-order valence-corrected chi connectivity index (χ1v) is 6.90. The van der Waals surface area contributed by atoms with Crippen LogP contribution < -0.4 is 16.4 Å². The number of hydrogen-bond donors (Lipinski definition) is 3. The van der Waals surface area contributed by atoms with E-state index in [2.05, 4.69) is 10.6 Å². The van der Waals surface area contributed by atoms with E-state index in [9.17, 15) is 18.0 Å². The molecule has 0 fully saturated rings. The highest BCUT2D eigenvalue weighted by Gasteiger charge is 2.33. The number of anilines is 2. The zero-order chi connectivity index (χ0) is 17.0. The Morgan fingerprint density at radius 3 is 2.52 bits per heavy atom. The molecule has 0 spiro atoms. The number of carbonyl (C=O) groups excluding carboxylic acids is 1. The molecule has 2 aromatic rings. The van der Waals surface area contributed by atoms with Crippen molar-refractivity contribution >= 4 is 29.0 Å². The number of nitrogens with one attached hydrogen (secondary N) is 2. The Morgan fingerprint density at radius 1 is 1.17 bits per heavy atom. The van der Waals surface area contributed by atoms with Crippen LogP contribution in [0.5, 0.6) is 0 Å². The van der Waals surface area contributed by atoms with Crippen LogP contribution in [-0.4, -0.2) is 6.03 Å². The summed E-state index contributed by atoms with van der Waals surface area (Å²) in [6.45, 7) is 0.151. The van der Waals surface area contributed by atoms with Gasteiger partial charge >= 0.3 is 12.2 Å². The molecular weight excluding hydrogens is 331 g/mol. The van der Waals surface area contributed by atoms with E-state index in [1.807, 2.05) is 0 Å². The molecule has 0 aliphatic heterocycles. The van der Waals surface area contributed by atoms with Crippen molar-refractivity contribution in [3.05, 3.63) is 58.6 Å². The highest BCUT2D eigenvalue weighted by atomic mass is 35.5. The lowest BCUT2D eigenvalue weighted by Crippen LogP contribution is -2.28. The summed E-state index contributed by atoms with van der Waals surface area (Å²) < 4.78 is 38.3. The van der Waals surface area contributed by atoms with Gasteiger partial charge in [-0.2, -0.15) is 13.2 Å². The minimum Gasteiger partial charge on any atom is -0.398 e. The SMILES string of the molecule is Nc1ccccc1CNC(=O)Nc1ccc(Cl)c(C(F)(F)F)c1. The summed E-state index contributed by atoms with van der Waals surface area (Å²) in [5.74, 6) is 0. The molecule has 4 nitrogen and oxygen atoms in total. The van der Waals surface area contributed by atoms with Crippen LogP contribution in [0.3, 0.4) is 0 Å². The fourth-order valence-corrected chi connectivity index (χ4v) is 2.09. The van der Waals surface area contributed by atoms with Gasteiger partial charge in [-0.3, -0.25) is 0 Å². The fraction of sp³-hybridized carbons (Fsp3) is 0.133. The minimum atomic E-state index is -4.59. The van der Waals surface area contributed by atoms with Crippen LogP contribution >= 0.6 is 11.6 Å². The molecule has 8 heteroatoms. The number of nitrogens with two attached hydrogens (primary N) is 1. The Bertz CT molecular complexity index is 719. The Hall–Kier alpha value is -2.41. The monoisotopic (exact) mass is 343 g/mol. The van der Waals surface area contributed by atoms with Gasteiger partial charge in [0.2, 0.25) is 0 Å². The molecule has 122 valence electrons. The van der Waals surface area contributed by atoms with Gasteiger partial charge in [0.1, 0.15) is 0 Å². The first kappa shape index (κ1) is 17.0. The molecule has 2 rings (SSSR count). The molecule has 0 saturated carbocycles. The zero-order valence-corrected chi connectivity index (χ0v) is 12.5. The molecule has 0 saturated heterocycles. The quantitative estimate of drug-likeness (QED) is 0.729. The van der Waals surface area contributed by atoms with Crippen LogP contribution in [0.15, 0.2) is 42.5 Å². The lowest BCUT2D eigenvalue weighted by molar-refractivity contribution is -0.137. The van der Waals surface area contributed by atoms with E-state index in [-0.39, 0.29) is 12.2 Å². The first-order valence-electron chi connectivity index (χ1n) is 6.52. The Morgan fingerprint density at radius 2 is 1.87 bits per heavy atom. The summed E-state index contributed by atoms with van der Waals surface area (Å²) in [4.78, 5) is 11.8. The van der Waals surface area contributed by atoms with Crippen molar-refractivity contribution in [3.63, 3.8) is 0 Å². The normalized spacial score (nSPS) is 11.1. The third-order valence-electron chi connectivity index (χ3n) is 3.02. The summed E-state index contributed by atoms with van der Waals surface area (Å²) in [6.07, 6.45) is -4.59. The predicted octanol–water partition coefficient (Wildman–Crippen LogP) is 4.26. The van der Waals surface area contributed by atoms with Crippen LogP contribution in [0, 0.1) is 0 Å². The molecule has 2 amide bonds. The second-order valence-corrected chi connectivity index (χ2v) is 5.11. The number of nitrogen functional groups attached to an aromatic ring is 1. The molecule has 0 unspecified atom stereocenters. The van der Waals surface area contributed by atoms with E-state index < -0.39 is 22.8 Å². The van der Waals surface area contributed by atoms with Crippen LogP contribution in [0.1, 0.15) is 11.1 Å². The number of rotatable bonds is 3. The number of urea groups is 1. The lowest BCUT2D eigenvalue weighted by atomic mass is 10.2. The molecular formula is C15H13ClF3N3O. The average molecular weight is 344 g/mol. The Balaban J connectivity index is 2.02. The standard InChI is InChI=1S/C15H13ClF3N3O/c16-12-6-5-10(7-11(12)15(17,18)19)22-14(23)21-8-9-3-1-2-4-13(9)20/h1-7H,8,20H2,(H2,21,22,23). The molecule has 23 heavy (non-hydrogen) atoms. The number of hydrogen-bond acceptors (Lipinski definition) is 2. The van der Waals surface area contributed by atoms with E-state index in [4.69, 9.17) is 17.3 Å². The van der Waals surface area contributed by atoms with Crippen molar-refractivity contribution in [2.75, 3.05) is 11.1 Å². The third kappa shape index (κ3) is 4.53. The van der Waals surface area contributed by atoms with Crippen LogP contribution in [-0.2, 0) is 12.7 Å². The average Bonchev–Trinajstić information content (AvgIpc) is 2.47. The highest BCUT2D eigenvalue weighted by Crippen LogP contribution is 2.36. The molecule has 2 aromatic carbocycles. The van der Waals surface area contributed by atoms with Gasteiger partial charge in [-0.25, -0.2) is 4.79 Å². The number of benzene rings is 2. The number of carbonyl (C=O) groups is 1.